The van der Waals surface area contributed by atoms with Gasteiger partial charge in [0.1, 0.15) is 5.60 Å². The van der Waals surface area contributed by atoms with E-state index in [1.807, 2.05) is 6.92 Å². The van der Waals surface area contributed by atoms with Crippen molar-refractivity contribution in [1.29, 1.82) is 0 Å². The van der Waals surface area contributed by atoms with Crippen LogP contribution in [0.4, 0.5) is 0 Å². The van der Waals surface area contributed by atoms with E-state index in [0.717, 1.165) is 25.7 Å². The normalized spacial score (nSPS) is 29.3. The lowest BCUT2D eigenvalue weighted by molar-refractivity contribution is -0.0891. The Morgan fingerprint density at radius 3 is 2.86 bits per heavy atom. The van der Waals surface area contributed by atoms with E-state index in [-0.39, 0.29) is 11.6 Å². The Balaban J connectivity index is 2.24. The number of rotatable bonds is 6. The fraction of sp³-hybridized carbons (Fsp3) is 0.875. The number of aromatic nitrogens is 2. The molecule has 0 aromatic carbocycles. The van der Waals surface area contributed by atoms with E-state index in [9.17, 15) is 0 Å². The van der Waals surface area contributed by atoms with E-state index in [2.05, 4.69) is 30.9 Å². The first-order valence-electron chi connectivity index (χ1n) is 8.26. The van der Waals surface area contributed by atoms with Gasteiger partial charge in [-0.05, 0) is 38.0 Å². The number of nitrogens with two attached hydrogens (primary N) is 1. The second-order valence-electron chi connectivity index (χ2n) is 6.50. The fourth-order valence-electron chi connectivity index (χ4n) is 3.23. The van der Waals surface area contributed by atoms with Crippen LogP contribution in [-0.4, -0.2) is 16.7 Å². The van der Waals surface area contributed by atoms with Gasteiger partial charge in [0.2, 0.25) is 11.7 Å². The molecule has 0 amide bonds. The summed E-state index contributed by atoms with van der Waals surface area (Å²) in [6.45, 7) is 9.17. The number of hydrogen-bond acceptors (Lipinski definition) is 5. The van der Waals surface area contributed by atoms with Crippen molar-refractivity contribution in [2.24, 2.45) is 17.6 Å². The molecule has 120 valence electrons. The summed E-state index contributed by atoms with van der Waals surface area (Å²) in [5.41, 5.74) is 5.81. The third-order valence-electron chi connectivity index (χ3n) is 4.77. The van der Waals surface area contributed by atoms with Crippen molar-refractivity contribution < 1.29 is 9.26 Å². The van der Waals surface area contributed by atoms with Gasteiger partial charge in [0.25, 0.3) is 0 Å². The molecule has 0 saturated heterocycles. The van der Waals surface area contributed by atoms with Crippen molar-refractivity contribution in [3.8, 4) is 0 Å². The highest BCUT2D eigenvalue weighted by Crippen LogP contribution is 2.42. The molecule has 2 N–H and O–H groups in total. The van der Waals surface area contributed by atoms with Gasteiger partial charge in [-0.2, -0.15) is 4.98 Å². The molecule has 0 spiro atoms. The second kappa shape index (κ2) is 6.88. The largest absolute Gasteiger partial charge is 0.367 e. The van der Waals surface area contributed by atoms with Gasteiger partial charge in [0, 0.05) is 6.61 Å². The maximum absolute atomic E-state index is 6.20. The van der Waals surface area contributed by atoms with Crippen LogP contribution in [0.3, 0.4) is 0 Å². The zero-order valence-electron chi connectivity index (χ0n) is 13.8. The zero-order valence-corrected chi connectivity index (χ0v) is 13.8. The molecule has 5 heteroatoms. The number of ether oxygens (including phenoxy) is 1. The molecule has 0 aliphatic heterocycles. The minimum Gasteiger partial charge on any atom is -0.367 e. The van der Waals surface area contributed by atoms with E-state index in [1.165, 1.54) is 6.42 Å². The summed E-state index contributed by atoms with van der Waals surface area (Å²) in [6.07, 6.45) is 5.29. The predicted octanol–water partition coefficient (Wildman–Crippen LogP) is 3.56. The molecule has 21 heavy (non-hydrogen) atoms. The fourth-order valence-corrected chi connectivity index (χ4v) is 3.23. The molecule has 4 atom stereocenters. The van der Waals surface area contributed by atoms with Gasteiger partial charge in [-0.1, -0.05) is 38.8 Å². The van der Waals surface area contributed by atoms with Crippen LogP contribution < -0.4 is 5.73 Å². The highest BCUT2D eigenvalue weighted by atomic mass is 16.5. The smallest absolute Gasteiger partial charge is 0.243 e. The average molecular weight is 295 g/mol. The van der Waals surface area contributed by atoms with E-state index in [4.69, 9.17) is 15.0 Å². The summed E-state index contributed by atoms with van der Waals surface area (Å²) in [5, 5.41) is 4.21. The Labute approximate surface area is 127 Å². The lowest BCUT2D eigenvalue weighted by Gasteiger charge is -2.37. The maximum atomic E-state index is 6.20. The third-order valence-corrected chi connectivity index (χ3v) is 4.77. The van der Waals surface area contributed by atoms with Crippen LogP contribution in [0.2, 0.25) is 0 Å². The molecule has 1 fully saturated rings. The number of hydrogen-bond donors (Lipinski definition) is 1. The predicted molar refractivity (Wildman–Crippen MR) is 81.6 cm³/mol. The highest BCUT2D eigenvalue weighted by molar-refractivity contribution is 5.06. The van der Waals surface area contributed by atoms with Crippen LogP contribution in [0.15, 0.2) is 4.52 Å². The van der Waals surface area contributed by atoms with Crippen molar-refractivity contribution in [1.82, 2.24) is 10.1 Å². The number of nitrogens with zero attached hydrogens (tertiary/aromatic N) is 2. The standard InChI is InChI=1S/C16H29N3O2/c1-5-12(4)13(17)14-18-15(19-21-14)16(20-6-2)9-7-8-11(3)10-16/h11-13H,5-10,17H2,1-4H3/t11?,12?,13-,16?/m0/s1. The topological polar surface area (TPSA) is 74.2 Å². The summed E-state index contributed by atoms with van der Waals surface area (Å²) >= 11 is 0. The Kier molecular flexibility index (Phi) is 5.38. The van der Waals surface area contributed by atoms with E-state index < -0.39 is 0 Å². The van der Waals surface area contributed by atoms with Gasteiger partial charge in [-0.15, -0.1) is 0 Å². The highest BCUT2D eigenvalue weighted by Gasteiger charge is 2.42. The molecular weight excluding hydrogens is 266 g/mol. The van der Waals surface area contributed by atoms with Gasteiger partial charge >= 0.3 is 0 Å². The summed E-state index contributed by atoms with van der Waals surface area (Å²) in [4.78, 5) is 4.60. The molecule has 3 unspecified atom stereocenters. The first-order valence-corrected chi connectivity index (χ1v) is 8.26. The van der Waals surface area contributed by atoms with Gasteiger partial charge in [-0.25, -0.2) is 0 Å². The monoisotopic (exact) mass is 295 g/mol. The van der Waals surface area contributed by atoms with Crippen LogP contribution in [0, 0.1) is 11.8 Å². The van der Waals surface area contributed by atoms with Gasteiger partial charge < -0.3 is 15.0 Å². The molecule has 1 heterocycles. The minimum atomic E-state index is -0.386. The SMILES string of the molecule is CCOC1(c2noc([C@@H](N)C(C)CC)n2)CCCC(C)C1. The maximum Gasteiger partial charge on any atom is 0.243 e. The van der Waals surface area contributed by atoms with Crippen molar-refractivity contribution in [2.45, 2.75) is 71.4 Å². The van der Waals surface area contributed by atoms with Gasteiger partial charge in [0.15, 0.2) is 0 Å². The van der Waals surface area contributed by atoms with Crippen molar-refractivity contribution >= 4 is 0 Å². The molecular formula is C16H29N3O2. The van der Waals surface area contributed by atoms with E-state index in [0.29, 0.717) is 30.2 Å². The summed E-state index contributed by atoms with van der Waals surface area (Å²) < 4.78 is 11.5. The first kappa shape index (κ1) is 16.4. The molecule has 1 aromatic rings. The van der Waals surface area contributed by atoms with E-state index in [1.54, 1.807) is 0 Å². The lowest BCUT2D eigenvalue weighted by atomic mass is 9.78. The summed E-state index contributed by atoms with van der Waals surface area (Å²) in [7, 11) is 0. The molecule has 0 bridgehead atoms. The molecule has 1 aliphatic carbocycles. The second-order valence-corrected chi connectivity index (χ2v) is 6.50. The molecule has 1 aromatic heterocycles. The van der Waals surface area contributed by atoms with Crippen LogP contribution in [-0.2, 0) is 10.3 Å². The van der Waals surface area contributed by atoms with Crippen molar-refractivity contribution in [3.63, 3.8) is 0 Å². The quantitative estimate of drug-likeness (QED) is 0.868. The molecule has 1 aliphatic rings. The van der Waals surface area contributed by atoms with Gasteiger partial charge in [0.05, 0.1) is 6.04 Å². The van der Waals surface area contributed by atoms with Crippen LogP contribution in [0.5, 0.6) is 0 Å². The third kappa shape index (κ3) is 3.46. The zero-order chi connectivity index (χ0) is 15.5. The van der Waals surface area contributed by atoms with Crippen LogP contribution in [0.25, 0.3) is 0 Å². The Morgan fingerprint density at radius 2 is 2.24 bits per heavy atom. The molecule has 1 saturated carbocycles. The van der Waals surface area contributed by atoms with Crippen LogP contribution in [0.1, 0.15) is 77.6 Å². The lowest BCUT2D eigenvalue weighted by Crippen LogP contribution is -2.36. The minimum absolute atomic E-state index is 0.198. The molecule has 0 radical (unpaired) electrons. The van der Waals surface area contributed by atoms with E-state index >= 15 is 0 Å². The Bertz CT molecular complexity index is 444. The van der Waals surface area contributed by atoms with Crippen LogP contribution >= 0.6 is 0 Å². The molecule has 5 nitrogen and oxygen atoms in total. The van der Waals surface area contributed by atoms with Crippen molar-refractivity contribution in [2.75, 3.05) is 6.61 Å². The Morgan fingerprint density at radius 1 is 1.48 bits per heavy atom. The van der Waals surface area contributed by atoms with Gasteiger partial charge in [-0.3, -0.25) is 0 Å². The average Bonchev–Trinajstić information content (AvgIpc) is 2.96. The summed E-state index contributed by atoms with van der Waals surface area (Å²) in [5.74, 6) is 2.17. The van der Waals surface area contributed by atoms with Crippen molar-refractivity contribution in [3.05, 3.63) is 11.7 Å². The summed E-state index contributed by atoms with van der Waals surface area (Å²) in [6, 6.07) is -0.198. The Hall–Kier alpha value is -0.940. The molecule has 2 rings (SSSR count). The first-order chi connectivity index (χ1) is 10.0.